The molecule has 6 nitrogen and oxygen atoms in total. The summed E-state index contributed by atoms with van der Waals surface area (Å²) in [6.07, 6.45) is 2.63. The molecule has 1 aromatic carbocycles. The van der Waals surface area contributed by atoms with E-state index >= 15 is 0 Å². The SMILES string of the molecule is Cc1noc(C)c1CN1CCCN(C(=O)CSc2ccnc3ccc(F)cc23)CC1. The number of hydrogen-bond donors (Lipinski definition) is 0. The molecule has 1 amide bonds. The lowest BCUT2D eigenvalue weighted by Crippen LogP contribution is -2.36. The van der Waals surface area contributed by atoms with Gasteiger partial charge >= 0.3 is 0 Å². The molecule has 0 spiro atoms. The van der Waals surface area contributed by atoms with Gasteiger partial charge in [0.2, 0.25) is 5.91 Å². The van der Waals surface area contributed by atoms with Crippen LogP contribution < -0.4 is 0 Å². The number of benzene rings is 1. The Labute approximate surface area is 179 Å². The van der Waals surface area contributed by atoms with Crippen LogP contribution in [0.4, 0.5) is 4.39 Å². The van der Waals surface area contributed by atoms with Crippen molar-refractivity contribution in [2.24, 2.45) is 0 Å². The Morgan fingerprint density at radius 3 is 2.87 bits per heavy atom. The van der Waals surface area contributed by atoms with Gasteiger partial charge in [0.25, 0.3) is 0 Å². The van der Waals surface area contributed by atoms with Crippen molar-refractivity contribution in [3.8, 4) is 0 Å². The third-order valence-electron chi connectivity index (χ3n) is 5.52. The van der Waals surface area contributed by atoms with E-state index < -0.39 is 0 Å². The number of fused-ring (bicyclic) bond motifs is 1. The number of pyridine rings is 1. The second-order valence-corrected chi connectivity index (χ2v) is 8.59. The largest absolute Gasteiger partial charge is 0.361 e. The Kier molecular flexibility index (Phi) is 6.34. The minimum atomic E-state index is -0.297. The fourth-order valence-corrected chi connectivity index (χ4v) is 4.72. The quantitative estimate of drug-likeness (QED) is 0.576. The lowest BCUT2D eigenvalue weighted by molar-refractivity contribution is -0.128. The van der Waals surface area contributed by atoms with Crippen LogP contribution in [0.3, 0.4) is 0 Å². The van der Waals surface area contributed by atoms with Crippen molar-refractivity contribution in [3.05, 3.63) is 53.3 Å². The summed E-state index contributed by atoms with van der Waals surface area (Å²) in [5.41, 5.74) is 2.81. The third kappa shape index (κ3) is 4.65. The number of thioether (sulfide) groups is 1. The summed E-state index contributed by atoms with van der Waals surface area (Å²) in [4.78, 5) is 22.3. The number of carbonyl (C=O) groups is 1. The molecule has 8 heteroatoms. The second-order valence-electron chi connectivity index (χ2n) is 7.57. The molecule has 4 rings (SSSR count). The average Bonchev–Trinajstić information content (AvgIpc) is 2.93. The molecule has 1 saturated heterocycles. The zero-order chi connectivity index (χ0) is 21.1. The zero-order valence-electron chi connectivity index (χ0n) is 17.2. The van der Waals surface area contributed by atoms with Crippen molar-refractivity contribution in [2.45, 2.75) is 31.7 Å². The van der Waals surface area contributed by atoms with E-state index in [-0.39, 0.29) is 11.7 Å². The summed E-state index contributed by atoms with van der Waals surface area (Å²) in [5.74, 6) is 1.01. The first-order chi connectivity index (χ1) is 14.5. The van der Waals surface area contributed by atoms with Gasteiger partial charge in [-0.05, 0) is 44.5 Å². The molecule has 1 aliphatic rings. The first-order valence-corrected chi connectivity index (χ1v) is 11.1. The first-order valence-electron chi connectivity index (χ1n) is 10.1. The predicted molar refractivity (Wildman–Crippen MR) is 115 cm³/mol. The summed E-state index contributed by atoms with van der Waals surface area (Å²) in [7, 11) is 0. The maximum Gasteiger partial charge on any atom is 0.232 e. The highest BCUT2D eigenvalue weighted by Crippen LogP contribution is 2.27. The van der Waals surface area contributed by atoms with Crippen molar-refractivity contribution in [1.82, 2.24) is 19.9 Å². The lowest BCUT2D eigenvalue weighted by atomic mass is 10.2. The van der Waals surface area contributed by atoms with Crippen LogP contribution in [0.5, 0.6) is 0 Å². The Hall–Kier alpha value is -2.45. The molecule has 0 N–H and O–H groups in total. The Bertz CT molecular complexity index is 1040. The van der Waals surface area contributed by atoms with Crippen LogP contribution in [0.1, 0.15) is 23.4 Å². The van der Waals surface area contributed by atoms with Gasteiger partial charge in [0, 0.05) is 54.8 Å². The summed E-state index contributed by atoms with van der Waals surface area (Å²) >= 11 is 1.44. The smallest absolute Gasteiger partial charge is 0.232 e. The molecule has 30 heavy (non-hydrogen) atoms. The minimum absolute atomic E-state index is 0.112. The number of carbonyl (C=O) groups excluding carboxylic acids is 1. The standard InChI is InChI=1S/C22H25FN4O2S/c1-15-19(16(2)29-25-15)13-26-8-3-9-27(11-10-26)22(28)14-30-21-6-7-24-20-5-4-17(23)12-18(20)21/h4-7,12H,3,8-11,13-14H2,1-2H3. The van der Waals surface area contributed by atoms with Crippen molar-refractivity contribution >= 4 is 28.6 Å². The molecular formula is C22H25FN4O2S. The van der Waals surface area contributed by atoms with Crippen LogP contribution in [-0.4, -0.2) is 57.8 Å². The highest BCUT2D eigenvalue weighted by atomic mass is 32.2. The fraction of sp³-hybridized carbons (Fsp3) is 0.409. The number of aryl methyl sites for hydroxylation is 2. The summed E-state index contributed by atoms with van der Waals surface area (Å²) in [5, 5.41) is 4.78. The highest BCUT2D eigenvalue weighted by Gasteiger charge is 2.21. The molecule has 3 heterocycles. The first kappa shape index (κ1) is 20.8. The number of hydrogen-bond acceptors (Lipinski definition) is 6. The van der Waals surface area contributed by atoms with E-state index in [1.165, 1.54) is 23.9 Å². The molecule has 0 radical (unpaired) electrons. The van der Waals surface area contributed by atoms with Gasteiger partial charge in [0.05, 0.1) is 17.0 Å². The van der Waals surface area contributed by atoms with Gasteiger partial charge in [-0.2, -0.15) is 0 Å². The summed E-state index contributed by atoms with van der Waals surface area (Å²) < 4.78 is 18.9. The normalized spacial score (nSPS) is 15.5. The molecule has 2 aromatic heterocycles. The Morgan fingerprint density at radius 1 is 1.20 bits per heavy atom. The predicted octanol–water partition coefficient (Wildman–Crippen LogP) is 3.81. The molecular weight excluding hydrogens is 403 g/mol. The van der Waals surface area contributed by atoms with E-state index in [4.69, 9.17) is 4.52 Å². The average molecular weight is 429 g/mol. The summed E-state index contributed by atoms with van der Waals surface area (Å²) in [6.45, 7) is 7.92. The Morgan fingerprint density at radius 2 is 2.07 bits per heavy atom. The van der Waals surface area contributed by atoms with Gasteiger partial charge in [-0.25, -0.2) is 4.39 Å². The van der Waals surface area contributed by atoms with E-state index in [1.54, 1.807) is 12.3 Å². The van der Waals surface area contributed by atoms with E-state index in [9.17, 15) is 9.18 Å². The van der Waals surface area contributed by atoms with Crippen LogP contribution in [0, 0.1) is 19.7 Å². The van der Waals surface area contributed by atoms with Crippen molar-refractivity contribution in [3.63, 3.8) is 0 Å². The minimum Gasteiger partial charge on any atom is -0.361 e. The van der Waals surface area contributed by atoms with Crippen LogP contribution in [0.2, 0.25) is 0 Å². The Balaban J connectivity index is 1.35. The maximum atomic E-state index is 13.6. The van der Waals surface area contributed by atoms with E-state index in [2.05, 4.69) is 15.0 Å². The molecule has 158 valence electrons. The molecule has 1 aliphatic heterocycles. The molecule has 1 fully saturated rings. The van der Waals surface area contributed by atoms with E-state index in [0.29, 0.717) is 12.3 Å². The molecule has 0 aliphatic carbocycles. The molecule has 0 bridgehead atoms. The monoisotopic (exact) mass is 428 g/mol. The topological polar surface area (TPSA) is 62.5 Å². The summed E-state index contributed by atoms with van der Waals surface area (Å²) in [6, 6.07) is 6.39. The van der Waals surface area contributed by atoms with Crippen LogP contribution in [-0.2, 0) is 11.3 Å². The fourth-order valence-electron chi connectivity index (χ4n) is 3.78. The number of aromatic nitrogens is 2. The molecule has 0 unspecified atom stereocenters. The van der Waals surface area contributed by atoms with Crippen LogP contribution in [0.25, 0.3) is 10.9 Å². The maximum absolute atomic E-state index is 13.6. The zero-order valence-corrected chi connectivity index (χ0v) is 18.0. The lowest BCUT2D eigenvalue weighted by Gasteiger charge is -2.22. The molecule has 0 saturated carbocycles. The number of amides is 1. The van der Waals surface area contributed by atoms with Crippen molar-refractivity contribution in [1.29, 1.82) is 0 Å². The van der Waals surface area contributed by atoms with Crippen molar-refractivity contribution < 1.29 is 13.7 Å². The van der Waals surface area contributed by atoms with E-state index in [1.807, 2.05) is 24.8 Å². The van der Waals surface area contributed by atoms with Gasteiger partial charge in [-0.1, -0.05) is 5.16 Å². The second kappa shape index (κ2) is 9.14. The number of nitrogens with zero attached hydrogens (tertiary/aromatic N) is 4. The highest BCUT2D eigenvalue weighted by molar-refractivity contribution is 8.00. The van der Waals surface area contributed by atoms with Crippen LogP contribution in [0.15, 0.2) is 39.9 Å². The van der Waals surface area contributed by atoms with Gasteiger partial charge in [-0.15, -0.1) is 11.8 Å². The third-order valence-corrected chi connectivity index (χ3v) is 6.58. The van der Waals surface area contributed by atoms with E-state index in [0.717, 1.165) is 65.4 Å². The molecule has 0 atom stereocenters. The van der Waals surface area contributed by atoms with Crippen molar-refractivity contribution in [2.75, 3.05) is 31.9 Å². The van der Waals surface area contributed by atoms with Gasteiger partial charge in [0.15, 0.2) is 0 Å². The van der Waals surface area contributed by atoms with Gasteiger partial charge in [-0.3, -0.25) is 14.7 Å². The van der Waals surface area contributed by atoms with Gasteiger partial charge in [0.1, 0.15) is 11.6 Å². The van der Waals surface area contributed by atoms with Crippen LogP contribution >= 0.6 is 11.8 Å². The molecule has 3 aromatic rings. The number of halogens is 1. The van der Waals surface area contributed by atoms with Gasteiger partial charge < -0.3 is 9.42 Å². The number of rotatable bonds is 5.